The van der Waals surface area contributed by atoms with Crippen molar-refractivity contribution in [2.45, 2.75) is 62.3 Å². The first-order valence-corrected chi connectivity index (χ1v) is 15.8. The number of halogens is 5. The van der Waals surface area contributed by atoms with Gasteiger partial charge in [0.05, 0.1) is 21.2 Å². The number of rotatable bonds is 10. The normalized spacial score (nSPS) is 14.7. The highest BCUT2D eigenvalue weighted by Gasteiger charge is 2.37. The van der Waals surface area contributed by atoms with Crippen molar-refractivity contribution in [1.29, 1.82) is 0 Å². The van der Waals surface area contributed by atoms with Crippen LogP contribution in [0.1, 0.15) is 43.7 Å². The third-order valence-electron chi connectivity index (χ3n) is 7.32. The predicted octanol–water partition coefficient (Wildman–Crippen LogP) is 6.68. The van der Waals surface area contributed by atoms with Crippen LogP contribution in [0.5, 0.6) is 0 Å². The zero-order valence-electron chi connectivity index (χ0n) is 23.2. The van der Waals surface area contributed by atoms with Gasteiger partial charge >= 0.3 is 6.18 Å². The van der Waals surface area contributed by atoms with Crippen LogP contribution < -0.4 is 9.62 Å². The van der Waals surface area contributed by atoms with Gasteiger partial charge in [-0.1, -0.05) is 72.4 Å². The lowest BCUT2D eigenvalue weighted by Gasteiger charge is -2.33. The van der Waals surface area contributed by atoms with Gasteiger partial charge < -0.3 is 10.2 Å². The second-order valence-electron chi connectivity index (χ2n) is 10.3. The van der Waals surface area contributed by atoms with E-state index in [4.69, 9.17) is 23.2 Å². The molecule has 0 heterocycles. The Bertz CT molecular complexity index is 1570. The summed E-state index contributed by atoms with van der Waals surface area (Å²) in [5.74, 6) is -1.29. The molecule has 3 aromatic carbocycles. The number of carbonyl (C=O) groups excluding carboxylic acids is 2. The molecule has 1 atom stereocenters. The Morgan fingerprint density at radius 2 is 1.58 bits per heavy atom. The number of alkyl halides is 3. The molecule has 0 saturated heterocycles. The molecule has 1 aliphatic rings. The van der Waals surface area contributed by atoms with E-state index in [-0.39, 0.29) is 22.5 Å². The maximum absolute atomic E-state index is 14.0. The number of benzene rings is 3. The smallest absolute Gasteiger partial charge is 0.352 e. The van der Waals surface area contributed by atoms with E-state index in [1.54, 1.807) is 30.3 Å². The molecule has 0 unspecified atom stereocenters. The van der Waals surface area contributed by atoms with E-state index in [1.165, 1.54) is 36.1 Å². The van der Waals surface area contributed by atoms with Gasteiger partial charge in [0.25, 0.3) is 10.0 Å². The zero-order chi connectivity index (χ0) is 31.4. The van der Waals surface area contributed by atoms with Crippen LogP contribution in [0.25, 0.3) is 0 Å². The summed E-state index contributed by atoms with van der Waals surface area (Å²) in [6.07, 6.45) is -1.28. The SMILES string of the molecule is C[C@H](C(=O)NC1CCCC1)N(Cc1ccccc1Cl)C(=O)CN(c1cc(C(F)(F)F)ccc1Cl)S(=O)(=O)c1ccccc1. The predicted molar refractivity (Wildman–Crippen MR) is 159 cm³/mol. The minimum Gasteiger partial charge on any atom is -0.352 e. The molecule has 1 aliphatic carbocycles. The lowest BCUT2D eigenvalue weighted by atomic mass is 10.1. The van der Waals surface area contributed by atoms with E-state index in [9.17, 15) is 31.2 Å². The highest BCUT2D eigenvalue weighted by atomic mass is 35.5. The van der Waals surface area contributed by atoms with Crippen molar-refractivity contribution in [1.82, 2.24) is 10.2 Å². The summed E-state index contributed by atoms with van der Waals surface area (Å²) in [6.45, 7) is 0.406. The lowest BCUT2D eigenvalue weighted by molar-refractivity contribution is -0.139. The molecule has 0 spiro atoms. The molecule has 0 aliphatic heterocycles. The molecular formula is C30H30Cl2F3N3O4S. The van der Waals surface area contributed by atoms with Crippen LogP contribution in [0.15, 0.2) is 77.7 Å². The molecule has 0 bridgehead atoms. The fourth-order valence-electron chi connectivity index (χ4n) is 4.90. The van der Waals surface area contributed by atoms with Crippen molar-refractivity contribution in [3.05, 3.63) is 94.0 Å². The fraction of sp³-hybridized carbons (Fsp3) is 0.333. The first-order chi connectivity index (χ1) is 20.3. The third kappa shape index (κ3) is 7.82. The van der Waals surface area contributed by atoms with Crippen LogP contribution in [0, 0.1) is 0 Å². The largest absolute Gasteiger partial charge is 0.416 e. The van der Waals surface area contributed by atoms with Crippen LogP contribution >= 0.6 is 23.2 Å². The van der Waals surface area contributed by atoms with E-state index in [1.807, 2.05) is 0 Å². The standard InChI is InChI=1S/C30H30Cl2F3N3O4S/c1-20(29(40)36-23-10-6-7-11-23)37(18-21-9-5-8-14-25(21)31)28(39)19-38(43(41,42)24-12-3-2-4-13-24)27-17-22(30(33,34)35)15-16-26(27)32/h2-5,8-9,12-17,20,23H,6-7,10-11,18-19H2,1H3,(H,36,40)/t20-/m1/s1. The van der Waals surface area contributed by atoms with Gasteiger partial charge in [0.1, 0.15) is 12.6 Å². The minimum atomic E-state index is -4.81. The molecule has 2 amide bonds. The highest BCUT2D eigenvalue weighted by Crippen LogP contribution is 2.37. The summed E-state index contributed by atoms with van der Waals surface area (Å²) in [4.78, 5) is 28.2. The quantitative estimate of drug-likeness (QED) is 0.264. The topological polar surface area (TPSA) is 86.8 Å². The van der Waals surface area contributed by atoms with E-state index in [2.05, 4.69) is 5.32 Å². The van der Waals surface area contributed by atoms with Crippen molar-refractivity contribution in [3.63, 3.8) is 0 Å². The maximum atomic E-state index is 14.0. The molecule has 0 radical (unpaired) electrons. The van der Waals surface area contributed by atoms with Gasteiger partial charge in [-0.05, 0) is 61.7 Å². The summed E-state index contributed by atoms with van der Waals surface area (Å²) in [5, 5.41) is 2.95. The van der Waals surface area contributed by atoms with Crippen LogP contribution in [-0.2, 0) is 32.3 Å². The molecule has 4 rings (SSSR count). The van der Waals surface area contributed by atoms with Gasteiger partial charge in [0.15, 0.2) is 0 Å². The molecular weight excluding hydrogens is 626 g/mol. The number of hydrogen-bond acceptors (Lipinski definition) is 4. The van der Waals surface area contributed by atoms with Crippen molar-refractivity contribution < 1.29 is 31.2 Å². The Hall–Kier alpha value is -3.28. The second kappa shape index (κ2) is 13.6. The minimum absolute atomic E-state index is 0.0499. The number of hydrogen-bond donors (Lipinski definition) is 1. The summed E-state index contributed by atoms with van der Waals surface area (Å²) in [5.41, 5.74) is -1.19. The Labute approximate surface area is 258 Å². The molecule has 230 valence electrons. The van der Waals surface area contributed by atoms with E-state index < -0.39 is 51.9 Å². The number of sulfonamides is 1. The molecule has 1 saturated carbocycles. The first-order valence-electron chi connectivity index (χ1n) is 13.6. The average Bonchev–Trinajstić information content (AvgIpc) is 3.48. The molecule has 0 aromatic heterocycles. The van der Waals surface area contributed by atoms with Gasteiger partial charge in [-0.25, -0.2) is 8.42 Å². The van der Waals surface area contributed by atoms with Gasteiger partial charge in [-0.2, -0.15) is 13.2 Å². The Kier molecular flexibility index (Phi) is 10.3. The van der Waals surface area contributed by atoms with E-state index in [0.717, 1.165) is 37.8 Å². The Balaban J connectivity index is 1.77. The maximum Gasteiger partial charge on any atom is 0.416 e. The molecule has 7 nitrogen and oxygen atoms in total. The Morgan fingerprint density at radius 3 is 2.21 bits per heavy atom. The van der Waals surface area contributed by atoms with Crippen molar-refractivity contribution in [3.8, 4) is 0 Å². The molecule has 13 heteroatoms. The van der Waals surface area contributed by atoms with Gasteiger partial charge in [0, 0.05) is 17.6 Å². The van der Waals surface area contributed by atoms with Gasteiger partial charge in [-0.3, -0.25) is 13.9 Å². The number of amides is 2. The fourth-order valence-corrected chi connectivity index (χ4v) is 6.81. The van der Waals surface area contributed by atoms with Gasteiger partial charge in [-0.15, -0.1) is 0 Å². The van der Waals surface area contributed by atoms with Crippen LogP contribution in [0.2, 0.25) is 10.0 Å². The van der Waals surface area contributed by atoms with Gasteiger partial charge in [0.2, 0.25) is 11.8 Å². The monoisotopic (exact) mass is 655 g/mol. The first kappa shape index (κ1) is 32.6. The molecule has 1 N–H and O–H groups in total. The summed E-state index contributed by atoms with van der Waals surface area (Å²) < 4.78 is 69.3. The molecule has 1 fully saturated rings. The molecule has 43 heavy (non-hydrogen) atoms. The third-order valence-corrected chi connectivity index (χ3v) is 9.78. The van der Waals surface area contributed by atoms with E-state index in [0.29, 0.717) is 21.0 Å². The van der Waals surface area contributed by atoms with Crippen molar-refractivity contribution in [2.75, 3.05) is 10.8 Å². The number of carbonyl (C=O) groups is 2. The summed E-state index contributed by atoms with van der Waals surface area (Å²) in [6, 6.07) is 14.8. The zero-order valence-corrected chi connectivity index (χ0v) is 25.5. The average molecular weight is 657 g/mol. The lowest BCUT2D eigenvalue weighted by Crippen LogP contribution is -2.52. The summed E-state index contributed by atoms with van der Waals surface area (Å²) in [7, 11) is -4.61. The van der Waals surface area contributed by atoms with E-state index >= 15 is 0 Å². The summed E-state index contributed by atoms with van der Waals surface area (Å²) >= 11 is 12.6. The van der Waals surface area contributed by atoms with Crippen molar-refractivity contribution in [2.24, 2.45) is 0 Å². The second-order valence-corrected chi connectivity index (χ2v) is 12.9. The number of nitrogens with zero attached hydrogens (tertiary/aromatic N) is 2. The number of nitrogens with one attached hydrogen (secondary N) is 1. The van der Waals surface area contributed by atoms with Crippen LogP contribution in [0.3, 0.4) is 0 Å². The van der Waals surface area contributed by atoms with Crippen LogP contribution in [0.4, 0.5) is 18.9 Å². The Morgan fingerprint density at radius 1 is 0.953 bits per heavy atom. The number of anilines is 1. The van der Waals surface area contributed by atoms with Crippen LogP contribution in [-0.4, -0.2) is 43.8 Å². The molecule has 3 aromatic rings. The van der Waals surface area contributed by atoms with Crippen molar-refractivity contribution >= 4 is 50.7 Å². The highest BCUT2D eigenvalue weighted by molar-refractivity contribution is 7.92.